The van der Waals surface area contributed by atoms with E-state index in [1.54, 1.807) is 7.11 Å². The van der Waals surface area contributed by atoms with E-state index in [-0.39, 0.29) is 17.4 Å². The van der Waals surface area contributed by atoms with Gasteiger partial charge in [0, 0.05) is 25.6 Å². The van der Waals surface area contributed by atoms with Crippen LogP contribution in [0.4, 0.5) is 0 Å². The maximum Gasteiger partial charge on any atom is 0.239 e. The summed E-state index contributed by atoms with van der Waals surface area (Å²) in [5, 5.41) is 0. The van der Waals surface area contributed by atoms with Crippen molar-refractivity contribution in [2.45, 2.75) is 38.8 Å². The molecule has 1 amide bonds. The molecule has 1 rings (SSSR count). The van der Waals surface area contributed by atoms with Gasteiger partial charge in [-0.1, -0.05) is 13.8 Å². The van der Waals surface area contributed by atoms with Crippen LogP contribution in [0.5, 0.6) is 0 Å². The number of nitrogens with zero attached hydrogens (tertiary/aromatic N) is 1. The molecule has 0 saturated carbocycles. The molecular formula is C12H25N3O2. The lowest BCUT2D eigenvalue weighted by atomic mass is 9.81. The number of ether oxygens (including phenoxy) is 1. The number of methoxy groups -OCH3 is 1. The molecule has 17 heavy (non-hydrogen) atoms. The third-order valence-corrected chi connectivity index (χ3v) is 3.52. The predicted molar refractivity (Wildman–Crippen MR) is 67.4 cm³/mol. The van der Waals surface area contributed by atoms with Gasteiger partial charge in [0.05, 0.1) is 12.1 Å². The smallest absolute Gasteiger partial charge is 0.239 e. The fourth-order valence-corrected chi connectivity index (χ4v) is 2.50. The van der Waals surface area contributed by atoms with Gasteiger partial charge in [-0.15, -0.1) is 0 Å². The van der Waals surface area contributed by atoms with E-state index >= 15 is 0 Å². The molecule has 1 heterocycles. The van der Waals surface area contributed by atoms with Crippen molar-refractivity contribution in [2.24, 2.45) is 16.9 Å². The number of carbonyl (C=O) groups is 1. The molecule has 5 heteroatoms. The quantitative estimate of drug-likeness (QED) is 0.724. The Labute approximate surface area is 103 Å². The lowest BCUT2D eigenvalue weighted by Crippen LogP contribution is -2.55. The van der Waals surface area contributed by atoms with Gasteiger partial charge in [-0.2, -0.15) is 0 Å². The molecule has 1 unspecified atom stereocenters. The van der Waals surface area contributed by atoms with Crippen LogP contribution in [0.25, 0.3) is 0 Å². The lowest BCUT2D eigenvalue weighted by Gasteiger charge is -2.44. The number of hydrogen-bond acceptors (Lipinski definition) is 4. The van der Waals surface area contributed by atoms with E-state index < -0.39 is 6.04 Å². The average Bonchev–Trinajstić information content (AvgIpc) is 2.27. The van der Waals surface area contributed by atoms with Crippen LogP contribution in [-0.2, 0) is 9.53 Å². The van der Waals surface area contributed by atoms with E-state index in [1.165, 1.54) is 0 Å². The van der Waals surface area contributed by atoms with Crippen LogP contribution in [0.1, 0.15) is 26.7 Å². The molecule has 0 aliphatic carbocycles. The topological polar surface area (TPSA) is 81.6 Å². The zero-order valence-corrected chi connectivity index (χ0v) is 11.1. The van der Waals surface area contributed by atoms with Crippen molar-refractivity contribution in [3.63, 3.8) is 0 Å². The molecule has 0 bridgehead atoms. The molecule has 1 aliphatic rings. The minimum absolute atomic E-state index is 0.0121. The summed E-state index contributed by atoms with van der Waals surface area (Å²) in [5.74, 6) is 0.0121. The van der Waals surface area contributed by atoms with Gasteiger partial charge >= 0.3 is 0 Å². The van der Waals surface area contributed by atoms with Crippen LogP contribution in [0, 0.1) is 5.41 Å². The second-order valence-electron chi connectivity index (χ2n) is 5.45. The Morgan fingerprint density at radius 3 is 2.71 bits per heavy atom. The Morgan fingerprint density at radius 2 is 2.24 bits per heavy atom. The maximum absolute atomic E-state index is 12.1. The fraction of sp³-hybridized carbons (Fsp3) is 0.917. The van der Waals surface area contributed by atoms with Gasteiger partial charge in [0.2, 0.25) is 5.91 Å². The molecule has 100 valence electrons. The minimum Gasteiger partial charge on any atom is -0.381 e. The third kappa shape index (κ3) is 3.40. The van der Waals surface area contributed by atoms with Crippen LogP contribution in [0.3, 0.4) is 0 Å². The third-order valence-electron chi connectivity index (χ3n) is 3.52. The number of likely N-dealkylation sites (tertiary alicyclic amines) is 1. The molecule has 4 N–H and O–H groups in total. The molecule has 2 atom stereocenters. The van der Waals surface area contributed by atoms with Crippen LogP contribution in [0.15, 0.2) is 0 Å². The largest absolute Gasteiger partial charge is 0.381 e. The number of amides is 1. The number of carbonyl (C=O) groups excluding carboxylic acids is 1. The summed E-state index contributed by atoms with van der Waals surface area (Å²) in [4.78, 5) is 13.9. The molecule has 0 radical (unpaired) electrons. The SMILES string of the molecule is CO[C@@H]1CCN(C(=O)C(N)CCN)CC1(C)C. The number of hydrogen-bond donors (Lipinski definition) is 2. The standard InChI is InChI=1S/C12H25N3O2/c1-12(2)8-15(7-5-10(12)17-3)11(16)9(14)4-6-13/h9-10H,4-8,13-14H2,1-3H3/t9?,10-/m1/s1. The highest BCUT2D eigenvalue weighted by Gasteiger charge is 2.38. The Balaban J connectivity index is 2.61. The van der Waals surface area contributed by atoms with Crippen molar-refractivity contribution in [1.82, 2.24) is 4.90 Å². The highest BCUT2D eigenvalue weighted by atomic mass is 16.5. The summed E-state index contributed by atoms with van der Waals surface area (Å²) < 4.78 is 5.45. The first-order valence-corrected chi connectivity index (χ1v) is 6.19. The highest BCUT2D eigenvalue weighted by molar-refractivity contribution is 5.81. The average molecular weight is 243 g/mol. The van der Waals surface area contributed by atoms with Crippen molar-refractivity contribution in [3.05, 3.63) is 0 Å². The monoisotopic (exact) mass is 243 g/mol. The predicted octanol–water partition coefficient (Wildman–Crippen LogP) is -0.0640. The fourth-order valence-electron chi connectivity index (χ4n) is 2.50. The van der Waals surface area contributed by atoms with E-state index in [4.69, 9.17) is 16.2 Å². The normalized spacial score (nSPS) is 25.7. The van der Waals surface area contributed by atoms with Crippen LogP contribution >= 0.6 is 0 Å². The molecule has 1 fully saturated rings. The zero-order valence-electron chi connectivity index (χ0n) is 11.1. The zero-order chi connectivity index (χ0) is 13.1. The number of rotatable bonds is 4. The Morgan fingerprint density at radius 1 is 1.59 bits per heavy atom. The molecule has 0 spiro atoms. The summed E-state index contributed by atoms with van der Waals surface area (Å²) in [6, 6.07) is -0.463. The van der Waals surface area contributed by atoms with E-state index in [1.807, 2.05) is 4.90 Å². The van der Waals surface area contributed by atoms with Crippen molar-refractivity contribution >= 4 is 5.91 Å². The van der Waals surface area contributed by atoms with Crippen LogP contribution in [0.2, 0.25) is 0 Å². The van der Waals surface area contributed by atoms with E-state index in [2.05, 4.69) is 13.8 Å². The summed E-state index contributed by atoms with van der Waals surface area (Å²) in [7, 11) is 1.73. The second kappa shape index (κ2) is 5.80. The second-order valence-corrected chi connectivity index (χ2v) is 5.45. The van der Waals surface area contributed by atoms with Crippen molar-refractivity contribution in [3.8, 4) is 0 Å². The van der Waals surface area contributed by atoms with Gasteiger partial charge in [-0.05, 0) is 19.4 Å². The van der Waals surface area contributed by atoms with E-state index in [0.29, 0.717) is 19.5 Å². The molecular weight excluding hydrogens is 218 g/mol. The Kier molecular flexibility index (Phi) is 4.91. The van der Waals surface area contributed by atoms with E-state index in [9.17, 15) is 4.79 Å². The van der Waals surface area contributed by atoms with E-state index in [0.717, 1.165) is 13.0 Å². The Bertz CT molecular complexity index is 268. The van der Waals surface area contributed by atoms with Gasteiger partial charge in [-0.3, -0.25) is 4.79 Å². The Hall–Kier alpha value is -0.650. The summed E-state index contributed by atoms with van der Waals surface area (Å²) in [5.41, 5.74) is 11.2. The summed E-state index contributed by atoms with van der Waals surface area (Å²) in [6.07, 6.45) is 1.62. The first kappa shape index (κ1) is 14.4. The minimum atomic E-state index is -0.463. The number of nitrogens with two attached hydrogens (primary N) is 2. The molecule has 1 saturated heterocycles. The lowest BCUT2D eigenvalue weighted by molar-refractivity contribution is -0.140. The first-order chi connectivity index (χ1) is 7.92. The van der Waals surface area contributed by atoms with Crippen LogP contribution < -0.4 is 11.5 Å². The molecule has 1 aliphatic heterocycles. The first-order valence-electron chi connectivity index (χ1n) is 6.19. The number of piperidine rings is 1. The molecule has 5 nitrogen and oxygen atoms in total. The van der Waals surface area contributed by atoms with Gasteiger partial charge in [0.15, 0.2) is 0 Å². The maximum atomic E-state index is 12.1. The molecule has 0 aromatic rings. The van der Waals surface area contributed by atoms with Crippen LogP contribution in [-0.4, -0.2) is 49.7 Å². The summed E-state index contributed by atoms with van der Waals surface area (Å²) in [6.45, 7) is 6.11. The summed E-state index contributed by atoms with van der Waals surface area (Å²) >= 11 is 0. The van der Waals surface area contributed by atoms with Gasteiger partial charge < -0.3 is 21.1 Å². The van der Waals surface area contributed by atoms with Gasteiger partial charge in [-0.25, -0.2) is 0 Å². The molecule has 0 aromatic heterocycles. The van der Waals surface area contributed by atoms with Crippen molar-refractivity contribution in [2.75, 3.05) is 26.7 Å². The van der Waals surface area contributed by atoms with Crippen molar-refractivity contribution < 1.29 is 9.53 Å². The molecule has 0 aromatic carbocycles. The highest BCUT2D eigenvalue weighted by Crippen LogP contribution is 2.31. The van der Waals surface area contributed by atoms with Gasteiger partial charge in [0.25, 0.3) is 0 Å². The van der Waals surface area contributed by atoms with Crippen molar-refractivity contribution in [1.29, 1.82) is 0 Å². The van der Waals surface area contributed by atoms with Gasteiger partial charge in [0.1, 0.15) is 0 Å².